The number of thioether (sulfide) groups is 1. The van der Waals surface area contributed by atoms with Crippen LogP contribution in [0.25, 0.3) is 6.08 Å². The van der Waals surface area contributed by atoms with Crippen molar-refractivity contribution in [3.63, 3.8) is 0 Å². The van der Waals surface area contributed by atoms with Crippen molar-refractivity contribution >= 4 is 35.7 Å². The zero-order valence-electron chi connectivity index (χ0n) is 16.9. The molecule has 0 atom stereocenters. The molecule has 30 heavy (non-hydrogen) atoms. The summed E-state index contributed by atoms with van der Waals surface area (Å²) in [6, 6.07) is 17.8. The van der Waals surface area contributed by atoms with Gasteiger partial charge in [0.2, 0.25) is 5.90 Å². The van der Waals surface area contributed by atoms with E-state index in [2.05, 4.69) is 22.4 Å². The number of carbonyl (C=O) groups is 1. The third kappa shape index (κ3) is 7.52. The molecule has 0 N–H and O–H groups in total. The van der Waals surface area contributed by atoms with Crippen molar-refractivity contribution in [2.45, 2.75) is 19.3 Å². The molecule has 3 rings (SSSR count). The molecule has 6 heteroatoms. The summed E-state index contributed by atoms with van der Waals surface area (Å²) in [4.78, 5) is 10.3. The largest absolute Gasteiger partial charge is 0.493 e. The van der Waals surface area contributed by atoms with E-state index in [1.54, 1.807) is 11.8 Å². The first-order valence-electron chi connectivity index (χ1n) is 10.1. The molecule has 2 aromatic carbocycles. The van der Waals surface area contributed by atoms with E-state index in [9.17, 15) is 4.79 Å². The van der Waals surface area contributed by atoms with Crippen LogP contribution in [-0.2, 0) is 9.53 Å². The molecular formula is C24H26N2O3S. The first-order valence-corrected chi connectivity index (χ1v) is 11.2. The Bertz CT molecular complexity index is 877. The van der Waals surface area contributed by atoms with Crippen LogP contribution >= 0.6 is 11.8 Å². The van der Waals surface area contributed by atoms with Crippen LogP contribution in [0.3, 0.4) is 0 Å². The van der Waals surface area contributed by atoms with Gasteiger partial charge in [-0.15, -0.1) is 5.10 Å². The lowest BCUT2D eigenvalue weighted by atomic mass is 10.1. The van der Waals surface area contributed by atoms with Crippen LogP contribution in [0.15, 0.2) is 70.9 Å². The molecule has 156 valence electrons. The molecule has 0 radical (unpaired) electrons. The number of allylic oxidation sites excluding steroid dienone is 1. The highest BCUT2D eigenvalue weighted by molar-refractivity contribution is 7.99. The molecule has 1 aliphatic heterocycles. The van der Waals surface area contributed by atoms with Gasteiger partial charge in [0.05, 0.1) is 12.3 Å². The van der Waals surface area contributed by atoms with Crippen LogP contribution in [0.2, 0.25) is 0 Å². The quantitative estimate of drug-likeness (QED) is 0.356. The number of hydrogen-bond donors (Lipinski definition) is 0. The Labute approximate surface area is 181 Å². The second-order valence-corrected chi connectivity index (χ2v) is 7.80. The number of rotatable bonds is 12. The summed E-state index contributed by atoms with van der Waals surface area (Å²) in [7, 11) is 0. The summed E-state index contributed by atoms with van der Waals surface area (Å²) in [6.45, 7) is 1.12. The number of hydrogen-bond acceptors (Lipinski definition) is 6. The number of carbonyl (C=O) groups excluding carboxylic acids is 1. The van der Waals surface area contributed by atoms with E-state index in [0.717, 1.165) is 53.2 Å². The molecule has 0 saturated heterocycles. The fourth-order valence-electron chi connectivity index (χ4n) is 2.74. The standard InChI is InChI=1S/C24H26N2O3S/c27-15-7-2-1-4-8-20-11-13-21(14-12-20)24-26-25-22(18-29-24)19-30-17-16-28-23-9-5-3-6-10-23/h3-6,8-15H,1-2,7,16-19H2/b8-4+. The Morgan fingerprint density at radius 2 is 1.87 bits per heavy atom. The monoisotopic (exact) mass is 422 g/mol. The lowest BCUT2D eigenvalue weighted by Gasteiger charge is -2.14. The van der Waals surface area contributed by atoms with Crippen LogP contribution in [0, 0.1) is 0 Å². The fraction of sp³-hybridized carbons (Fsp3) is 0.292. The van der Waals surface area contributed by atoms with Crippen molar-refractivity contribution in [2.75, 3.05) is 24.7 Å². The van der Waals surface area contributed by atoms with Gasteiger partial charge in [-0.05, 0) is 42.7 Å². The SMILES string of the molecule is O=CCCC/C=C/c1ccc(C2=NN=C(CSCCOc3ccccc3)CO2)cc1. The lowest BCUT2D eigenvalue weighted by Crippen LogP contribution is -2.21. The van der Waals surface area contributed by atoms with E-state index >= 15 is 0 Å². The van der Waals surface area contributed by atoms with Crippen molar-refractivity contribution in [1.29, 1.82) is 0 Å². The van der Waals surface area contributed by atoms with E-state index < -0.39 is 0 Å². The number of unbranched alkanes of at least 4 members (excludes halogenated alkanes) is 2. The first kappa shape index (κ1) is 21.8. The third-order valence-electron chi connectivity index (χ3n) is 4.33. The van der Waals surface area contributed by atoms with Crippen molar-refractivity contribution in [1.82, 2.24) is 0 Å². The van der Waals surface area contributed by atoms with Gasteiger partial charge in [-0.3, -0.25) is 0 Å². The van der Waals surface area contributed by atoms with Crippen LogP contribution in [0.4, 0.5) is 0 Å². The van der Waals surface area contributed by atoms with Crippen molar-refractivity contribution < 1.29 is 14.3 Å². The third-order valence-corrected chi connectivity index (χ3v) is 5.32. The Balaban J connectivity index is 1.40. The molecule has 0 aromatic heterocycles. The fourth-order valence-corrected chi connectivity index (χ4v) is 3.46. The van der Waals surface area contributed by atoms with Gasteiger partial charge in [-0.1, -0.05) is 42.5 Å². The second kappa shape index (κ2) is 12.6. The number of benzene rings is 2. The predicted molar refractivity (Wildman–Crippen MR) is 125 cm³/mol. The van der Waals surface area contributed by atoms with Gasteiger partial charge >= 0.3 is 0 Å². The van der Waals surface area contributed by atoms with E-state index in [1.807, 2.05) is 54.6 Å². The normalized spacial score (nSPS) is 13.5. The average molecular weight is 423 g/mol. The minimum Gasteiger partial charge on any atom is -0.493 e. The predicted octanol–water partition coefficient (Wildman–Crippen LogP) is 5.01. The lowest BCUT2D eigenvalue weighted by molar-refractivity contribution is -0.107. The molecule has 0 amide bonds. The number of ether oxygens (including phenoxy) is 2. The van der Waals surface area contributed by atoms with E-state index in [-0.39, 0.29) is 0 Å². The van der Waals surface area contributed by atoms with Gasteiger partial charge in [-0.25, -0.2) is 0 Å². The molecule has 0 spiro atoms. The van der Waals surface area contributed by atoms with E-state index in [0.29, 0.717) is 25.5 Å². The smallest absolute Gasteiger partial charge is 0.241 e. The summed E-state index contributed by atoms with van der Waals surface area (Å²) >= 11 is 1.76. The van der Waals surface area contributed by atoms with Gasteiger partial charge in [-0.2, -0.15) is 16.9 Å². The van der Waals surface area contributed by atoms with Gasteiger partial charge in [0, 0.05) is 23.5 Å². The average Bonchev–Trinajstić information content (AvgIpc) is 2.80. The van der Waals surface area contributed by atoms with Gasteiger partial charge in [0.15, 0.2) is 0 Å². The number of aldehydes is 1. The van der Waals surface area contributed by atoms with E-state index in [4.69, 9.17) is 9.47 Å². The Morgan fingerprint density at radius 3 is 2.60 bits per heavy atom. The molecule has 5 nitrogen and oxygen atoms in total. The summed E-state index contributed by atoms with van der Waals surface area (Å²) in [5, 5.41) is 8.56. The van der Waals surface area contributed by atoms with Gasteiger partial charge in [0.1, 0.15) is 18.6 Å². The molecule has 0 aliphatic carbocycles. The second-order valence-electron chi connectivity index (χ2n) is 6.70. The maximum absolute atomic E-state index is 10.3. The topological polar surface area (TPSA) is 60.2 Å². The molecule has 0 unspecified atom stereocenters. The summed E-state index contributed by atoms with van der Waals surface area (Å²) < 4.78 is 11.5. The molecular weight excluding hydrogens is 396 g/mol. The summed E-state index contributed by atoms with van der Waals surface area (Å²) in [6.07, 6.45) is 7.52. The number of para-hydroxylation sites is 1. The maximum Gasteiger partial charge on any atom is 0.241 e. The minimum absolute atomic E-state index is 0.462. The molecule has 0 saturated carbocycles. The zero-order valence-corrected chi connectivity index (χ0v) is 17.7. The number of nitrogens with zero attached hydrogens (tertiary/aromatic N) is 2. The van der Waals surface area contributed by atoms with Gasteiger partial charge < -0.3 is 14.3 Å². The summed E-state index contributed by atoms with van der Waals surface area (Å²) in [5.41, 5.74) is 2.96. The zero-order chi connectivity index (χ0) is 20.9. The molecule has 0 fully saturated rings. The highest BCUT2D eigenvalue weighted by Crippen LogP contribution is 2.13. The van der Waals surface area contributed by atoms with Crippen LogP contribution in [0.1, 0.15) is 30.4 Å². The maximum atomic E-state index is 10.3. The van der Waals surface area contributed by atoms with Crippen molar-refractivity contribution in [2.24, 2.45) is 10.2 Å². The molecule has 0 bridgehead atoms. The Kier molecular flexibility index (Phi) is 9.21. The molecule has 2 aromatic rings. The summed E-state index contributed by atoms with van der Waals surface area (Å²) in [5.74, 6) is 3.11. The van der Waals surface area contributed by atoms with Crippen LogP contribution < -0.4 is 4.74 Å². The van der Waals surface area contributed by atoms with E-state index in [1.165, 1.54) is 0 Å². The molecule has 1 heterocycles. The minimum atomic E-state index is 0.462. The highest BCUT2D eigenvalue weighted by Gasteiger charge is 2.12. The van der Waals surface area contributed by atoms with Gasteiger partial charge in [0.25, 0.3) is 0 Å². The Hall–Kier alpha value is -2.86. The van der Waals surface area contributed by atoms with Crippen molar-refractivity contribution in [3.8, 4) is 5.75 Å². The van der Waals surface area contributed by atoms with Crippen LogP contribution in [0.5, 0.6) is 5.75 Å². The highest BCUT2D eigenvalue weighted by atomic mass is 32.2. The van der Waals surface area contributed by atoms with Crippen molar-refractivity contribution in [3.05, 3.63) is 71.8 Å². The Morgan fingerprint density at radius 1 is 1.03 bits per heavy atom. The molecule has 1 aliphatic rings. The first-order chi connectivity index (χ1) is 14.8. The van der Waals surface area contributed by atoms with Crippen LogP contribution in [-0.4, -0.2) is 42.6 Å².